The number of thiophene rings is 1. The van der Waals surface area contributed by atoms with E-state index >= 15 is 0 Å². The fourth-order valence-electron chi connectivity index (χ4n) is 1.38. The molecular formula is C12H10O5S2. The van der Waals surface area contributed by atoms with Gasteiger partial charge in [-0.2, -0.15) is 8.42 Å². The summed E-state index contributed by atoms with van der Waals surface area (Å²) in [6.07, 6.45) is 0. The van der Waals surface area contributed by atoms with E-state index in [0.29, 0.717) is 0 Å². The quantitative estimate of drug-likeness (QED) is 0.640. The zero-order valence-electron chi connectivity index (χ0n) is 9.90. The number of carbonyl (C=O) groups excluding carboxylic acids is 1. The Hall–Kier alpha value is -1.86. The molecule has 0 N–H and O–H groups in total. The van der Waals surface area contributed by atoms with E-state index in [9.17, 15) is 13.2 Å². The normalized spacial score (nSPS) is 11.0. The van der Waals surface area contributed by atoms with Crippen LogP contribution in [0.15, 0.2) is 46.7 Å². The molecular weight excluding hydrogens is 288 g/mol. The first-order chi connectivity index (χ1) is 9.04. The highest BCUT2D eigenvalue weighted by Crippen LogP contribution is 2.25. The van der Waals surface area contributed by atoms with E-state index < -0.39 is 16.1 Å². The molecule has 19 heavy (non-hydrogen) atoms. The summed E-state index contributed by atoms with van der Waals surface area (Å²) in [6, 6.07) is 9.39. The molecule has 0 unspecified atom stereocenters. The highest BCUT2D eigenvalue weighted by molar-refractivity contribution is 7.87. The number of para-hydroxylation sites is 1. The van der Waals surface area contributed by atoms with Crippen molar-refractivity contribution >= 4 is 27.4 Å². The Morgan fingerprint density at radius 2 is 1.84 bits per heavy atom. The fraction of sp³-hybridized carbons (Fsp3) is 0.0833. The lowest BCUT2D eigenvalue weighted by Crippen LogP contribution is -2.13. The second-order valence-electron chi connectivity index (χ2n) is 3.46. The van der Waals surface area contributed by atoms with Crippen molar-refractivity contribution in [2.24, 2.45) is 0 Å². The average Bonchev–Trinajstić information content (AvgIpc) is 2.88. The van der Waals surface area contributed by atoms with Crippen LogP contribution in [0, 0.1) is 0 Å². The molecule has 2 aromatic rings. The third kappa shape index (κ3) is 2.94. The van der Waals surface area contributed by atoms with Crippen LogP contribution in [0.5, 0.6) is 5.75 Å². The second-order valence-corrected chi connectivity index (χ2v) is 5.89. The van der Waals surface area contributed by atoms with Gasteiger partial charge in [-0.3, -0.25) is 0 Å². The Kier molecular flexibility index (Phi) is 3.87. The summed E-state index contributed by atoms with van der Waals surface area (Å²) in [5.74, 6) is -0.519. The maximum absolute atomic E-state index is 12.1. The summed E-state index contributed by atoms with van der Waals surface area (Å²) in [5.41, 5.74) is 0. The molecule has 100 valence electrons. The molecule has 0 atom stereocenters. The molecule has 7 heteroatoms. The molecule has 1 aromatic carbocycles. The van der Waals surface area contributed by atoms with Crippen molar-refractivity contribution in [1.29, 1.82) is 0 Å². The molecule has 1 heterocycles. The Morgan fingerprint density at radius 1 is 1.16 bits per heavy atom. The van der Waals surface area contributed by atoms with Gasteiger partial charge in [0.2, 0.25) is 0 Å². The highest BCUT2D eigenvalue weighted by Gasteiger charge is 2.26. The first-order valence-electron chi connectivity index (χ1n) is 5.20. The molecule has 0 saturated carbocycles. The monoisotopic (exact) mass is 298 g/mol. The number of esters is 1. The van der Waals surface area contributed by atoms with Crippen LogP contribution in [0.2, 0.25) is 0 Å². The molecule has 0 aliphatic rings. The van der Waals surface area contributed by atoms with E-state index in [1.165, 1.54) is 30.7 Å². The van der Waals surface area contributed by atoms with Gasteiger partial charge in [-0.25, -0.2) is 4.79 Å². The summed E-state index contributed by atoms with van der Waals surface area (Å²) in [7, 11) is -2.86. The van der Waals surface area contributed by atoms with E-state index in [2.05, 4.69) is 4.74 Å². The Labute approximate surface area is 114 Å². The van der Waals surface area contributed by atoms with Crippen LogP contribution in [0.4, 0.5) is 0 Å². The van der Waals surface area contributed by atoms with Crippen LogP contribution < -0.4 is 4.18 Å². The van der Waals surface area contributed by atoms with Gasteiger partial charge in [0, 0.05) is 0 Å². The summed E-state index contributed by atoms with van der Waals surface area (Å²) < 4.78 is 33.6. The predicted octanol–water partition coefficient (Wildman–Crippen LogP) is 2.30. The lowest BCUT2D eigenvalue weighted by Gasteiger charge is -2.06. The maximum atomic E-state index is 12.1. The summed E-state index contributed by atoms with van der Waals surface area (Å²) in [6.45, 7) is 0. The molecule has 0 fully saturated rings. The fourth-order valence-corrected chi connectivity index (χ4v) is 3.62. The number of hydrogen-bond donors (Lipinski definition) is 0. The van der Waals surface area contributed by atoms with E-state index in [4.69, 9.17) is 4.18 Å². The zero-order chi connectivity index (χ0) is 13.9. The summed E-state index contributed by atoms with van der Waals surface area (Å²) >= 11 is 0.986. The minimum Gasteiger partial charge on any atom is -0.465 e. The molecule has 0 amide bonds. The first-order valence-corrected chi connectivity index (χ1v) is 7.49. The Balaban J connectivity index is 2.36. The van der Waals surface area contributed by atoms with Crippen molar-refractivity contribution < 1.29 is 22.1 Å². The third-order valence-corrected chi connectivity index (χ3v) is 4.53. The maximum Gasteiger partial charge on any atom is 0.349 e. The number of carbonyl (C=O) groups is 1. The van der Waals surface area contributed by atoms with E-state index in [1.807, 2.05) is 0 Å². The SMILES string of the molecule is COC(=O)c1sccc1S(=O)(=O)Oc1ccccc1. The van der Waals surface area contributed by atoms with Gasteiger partial charge in [0.05, 0.1) is 7.11 Å². The lowest BCUT2D eigenvalue weighted by atomic mass is 10.3. The zero-order valence-corrected chi connectivity index (χ0v) is 11.5. The van der Waals surface area contributed by atoms with Crippen molar-refractivity contribution in [3.63, 3.8) is 0 Å². The van der Waals surface area contributed by atoms with E-state index in [1.54, 1.807) is 18.2 Å². The Bertz CT molecular complexity index is 673. The molecule has 1 aromatic heterocycles. The highest BCUT2D eigenvalue weighted by atomic mass is 32.2. The molecule has 0 spiro atoms. The Morgan fingerprint density at radius 3 is 2.47 bits per heavy atom. The van der Waals surface area contributed by atoms with Crippen molar-refractivity contribution in [3.05, 3.63) is 46.7 Å². The molecule has 0 saturated heterocycles. The predicted molar refractivity (Wildman–Crippen MR) is 69.9 cm³/mol. The number of rotatable bonds is 4. The first kappa shape index (κ1) is 13.6. The van der Waals surface area contributed by atoms with Gasteiger partial charge in [-0.1, -0.05) is 18.2 Å². The van der Waals surface area contributed by atoms with Crippen molar-refractivity contribution in [2.75, 3.05) is 7.11 Å². The molecule has 0 aliphatic carbocycles. The molecule has 2 rings (SSSR count). The number of methoxy groups -OCH3 is 1. The van der Waals surface area contributed by atoms with Crippen molar-refractivity contribution in [1.82, 2.24) is 0 Å². The van der Waals surface area contributed by atoms with E-state index in [0.717, 1.165) is 11.3 Å². The van der Waals surface area contributed by atoms with Crippen LogP contribution in [-0.2, 0) is 14.9 Å². The van der Waals surface area contributed by atoms with Gasteiger partial charge in [0.15, 0.2) is 0 Å². The minimum absolute atomic E-state index is 0.00145. The van der Waals surface area contributed by atoms with Crippen LogP contribution in [0.1, 0.15) is 9.67 Å². The standard InChI is InChI=1S/C12H10O5S2/c1-16-12(13)11-10(7-8-18-11)19(14,15)17-9-5-3-2-4-6-9/h2-8H,1H3. The van der Waals surface area contributed by atoms with Crippen LogP contribution in [-0.4, -0.2) is 21.5 Å². The van der Waals surface area contributed by atoms with Gasteiger partial charge < -0.3 is 8.92 Å². The molecule has 0 bridgehead atoms. The van der Waals surface area contributed by atoms with Gasteiger partial charge in [-0.05, 0) is 23.6 Å². The average molecular weight is 298 g/mol. The smallest absolute Gasteiger partial charge is 0.349 e. The lowest BCUT2D eigenvalue weighted by molar-refractivity contribution is 0.0602. The van der Waals surface area contributed by atoms with Gasteiger partial charge in [-0.15, -0.1) is 11.3 Å². The number of benzene rings is 1. The van der Waals surface area contributed by atoms with Gasteiger partial charge in [0.1, 0.15) is 15.5 Å². The molecule has 0 radical (unpaired) electrons. The van der Waals surface area contributed by atoms with Gasteiger partial charge >= 0.3 is 16.1 Å². The van der Waals surface area contributed by atoms with Crippen molar-refractivity contribution in [2.45, 2.75) is 4.90 Å². The third-order valence-electron chi connectivity index (χ3n) is 2.22. The second kappa shape index (κ2) is 5.41. The van der Waals surface area contributed by atoms with Crippen LogP contribution in [0.3, 0.4) is 0 Å². The largest absolute Gasteiger partial charge is 0.465 e. The van der Waals surface area contributed by atoms with Crippen LogP contribution in [0.25, 0.3) is 0 Å². The summed E-state index contributed by atoms with van der Waals surface area (Å²) in [5, 5.41) is 1.49. The number of hydrogen-bond acceptors (Lipinski definition) is 6. The molecule has 0 aliphatic heterocycles. The van der Waals surface area contributed by atoms with E-state index in [-0.39, 0.29) is 15.5 Å². The van der Waals surface area contributed by atoms with Gasteiger partial charge in [0.25, 0.3) is 0 Å². The number of ether oxygens (including phenoxy) is 1. The molecule has 5 nitrogen and oxygen atoms in total. The van der Waals surface area contributed by atoms with Crippen LogP contribution >= 0.6 is 11.3 Å². The minimum atomic E-state index is -4.05. The summed E-state index contributed by atoms with van der Waals surface area (Å²) in [4.78, 5) is 11.3. The topological polar surface area (TPSA) is 69.7 Å². The van der Waals surface area contributed by atoms with Crippen molar-refractivity contribution in [3.8, 4) is 5.75 Å².